The Labute approximate surface area is 138 Å². The lowest BCUT2D eigenvalue weighted by atomic mass is 10.3. The Morgan fingerprint density at radius 3 is 2.73 bits per heavy atom. The fraction of sp³-hybridized carbons (Fsp3) is 0.400. The molecule has 0 spiro atoms. The van der Waals surface area contributed by atoms with Crippen molar-refractivity contribution in [3.8, 4) is 10.6 Å². The van der Waals surface area contributed by atoms with Crippen LogP contribution in [-0.2, 0) is 4.79 Å². The van der Waals surface area contributed by atoms with Crippen LogP contribution in [0.15, 0.2) is 22.2 Å². The van der Waals surface area contributed by atoms with Crippen molar-refractivity contribution in [3.63, 3.8) is 0 Å². The minimum atomic E-state index is -0.209. The maximum Gasteiger partial charge on any atom is 0.273 e. The minimum Gasteiger partial charge on any atom is -0.352 e. The first-order chi connectivity index (χ1) is 10.5. The van der Waals surface area contributed by atoms with Crippen molar-refractivity contribution in [2.75, 3.05) is 13.1 Å². The molecule has 0 unspecified atom stereocenters. The van der Waals surface area contributed by atoms with Crippen molar-refractivity contribution in [2.24, 2.45) is 0 Å². The van der Waals surface area contributed by atoms with E-state index in [1.54, 1.807) is 16.7 Å². The number of carbonyl (C=O) groups excluding carboxylic acids is 2. The van der Waals surface area contributed by atoms with Crippen molar-refractivity contribution >= 4 is 34.5 Å². The molecule has 0 saturated heterocycles. The number of nitrogens with one attached hydrogen (secondary N) is 1. The SMILES string of the molecule is CCN(CC(=O)NC(C)C)C(=O)c1csc(-c2ccsc2)n1. The van der Waals surface area contributed by atoms with Gasteiger partial charge in [0.25, 0.3) is 5.91 Å². The highest BCUT2D eigenvalue weighted by molar-refractivity contribution is 7.14. The predicted octanol–water partition coefficient (Wildman–Crippen LogP) is 2.86. The van der Waals surface area contributed by atoms with E-state index in [4.69, 9.17) is 0 Å². The Kier molecular flexibility index (Phi) is 5.68. The summed E-state index contributed by atoms with van der Waals surface area (Å²) in [6.45, 7) is 6.16. The van der Waals surface area contributed by atoms with Crippen molar-refractivity contribution in [1.82, 2.24) is 15.2 Å². The van der Waals surface area contributed by atoms with Gasteiger partial charge in [0.15, 0.2) is 0 Å². The van der Waals surface area contributed by atoms with E-state index in [2.05, 4.69) is 10.3 Å². The molecule has 0 aromatic carbocycles. The van der Waals surface area contributed by atoms with E-state index in [1.807, 2.05) is 37.6 Å². The highest BCUT2D eigenvalue weighted by atomic mass is 32.1. The van der Waals surface area contributed by atoms with E-state index in [0.717, 1.165) is 10.6 Å². The Balaban J connectivity index is 2.07. The van der Waals surface area contributed by atoms with Crippen molar-refractivity contribution in [2.45, 2.75) is 26.8 Å². The zero-order chi connectivity index (χ0) is 16.1. The van der Waals surface area contributed by atoms with Crippen molar-refractivity contribution < 1.29 is 9.59 Å². The molecule has 7 heteroatoms. The molecule has 22 heavy (non-hydrogen) atoms. The molecule has 0 aliphatic rings. The number of hydrogen-bond donors (Lipinski definition) is 1. The molecule has 0 atom stereocenters. The topological polar surface area (TPSA) is 62.3 Å². The predicted molar refractivity (Wildman–Crippen MR) is 90.3 cm³/mol. The Morgan fingerprint density at radius 1 is 1.36 bits per heavy atom. The van der Waals surface area contributed by atoms with Gasteiger partial charge in [-0.2, -0.15) is 11.3 Å². The maximum absolute atomic E-state index is 12.5. The van der Waals surface area contributed by atoms with Crippen LogP contribution in [0.5, 0.6) is 0 Å². The molecule has 0 fully saturated rings. The number of amides is 2. The fourth-order valence-corrected chi connectivity index (χ4v) is 3.43. The molecule has 2 heterocycles. The average Bonchev–Trinajstić information content (AvgIpc) is 3.13. The third-order valence-corrected chi connectivity index (χ3v) is 4.52. The zero-order valence-electron chi connectivity index (χ0n) is 12.8. The average molecular weight is 337 g/mol. The number of carbonyl (C=O) groups is 2. The molecule has 0 bridgehead atoms. The highest BCUT2D eigenvalue weighted by Crippen LogP contribution is 2.26. The van der Waals surface area contributed by atoms with Crippen molar-refractivity contribution in [1.29, 1.82) is 0 Å². The molecule has 0 aliphatic heterocycles. The van der Waals surface area contributed by atoms with Crippen LogP contribution in [-0.4, -0.2) is 40.8 Å². The van der Waals surface area contributed by atoms with E-state index >= 15 is 0 Å². The van der Waals surface area contributed by atoms with Gasteiger partial charge in [0.05, 0.1) is 6.54 Å². The number of likely N-dealkylation sites (N-methyl/N-ethyl adjacent to an activating group) is 1. The van der Waals surface area contributed by atoms with E-state index < -0.39 is 0 Å². The van der Waals surface area contributed by atoms with E-state index in [9.17, 15) is 9.59 Å². The highest BCUT2D eigenvalue weighted by Gasteiger charge is 2.20. The summed E-state index contributed by atoms with van der Waals surface area (Å²) in [5.74, 6) is -0.363. The molecule has 2 aromatic rings. The number of hydrogen-bond acceptors (Lipinski definition) is 5. The maximum atomic E-state index is 12.5. The minimum absolute atomic E-state index is 0.0544. The van der Waals surface area contributed by atoms with Gasteiger partial charge in [0.1, 0.15) is 10.7 Å². The lowest BCUT2D eigenvalue weighted by Crippen LogP contribution is -2.42. The van der Waals surface area contributed by atoms with Gasteiger partial charge in [-0.3, -0.25) is 9.59 Å². The van der Waals surface area contributed by atoms with Crippen LogP contribution in [0.4, 0.5) is 0 Å². The normalized spacial score (nSPS) is 10.7. The van der Waals surface area contributed by atoms with E-state index in [-0.39, 0.29) is 24.4 Å². The molecule has 5 nitrogen and oxygen atoms in total. The molecule has 1 N–H and O–H groups in total. The Bertz CT molecular complexity index is 635. The zero-order valence-corrected chi connectivity index (χ0v) is 14.5. The standard InChI is InChI=1S/C15H19N3O2S2/c1-4-18(7-13(19)16-10(2)3)15(20)12-9-22-14(17-12)11-5-6-21-8-11/h5-6,8-10H,4,7H2,1-3H3,(H,16,19). The lowest BCUT2D eigenvalue weighted by Gasteiger charge is -2.20. The van der Waals surface area contributed by atoms with Gasteiger partial charge in [0, 0.05) is 28.9 Å². The second kappa shape index (κ2) is 7.51. The molecule has 0 saturated carbocycles. The lowest BCUT2D eigenvalue weighted by molar-refractivity contribution is -0.122. The van der Waals surface area contributed by atoms with Gasteiger partial charge in [-0.1, -0.05) is 0 Å². The van der Waals surface area contributed by atoms with Crippen LogP contribution >= 0.6 is 22.7 Å². The first-order valence-electron chi connectivity index (χ1n) is 7.08. The summed E-state index contributed by atoms with van der Waals surface area (Å²) >= 11 is 3.04. The quantitative estimate of drug-likeness (QED) is 0.881. The molecule has 0 aliphatic carbocycles. The fourth-order valence-electron chi connectivity index (χ4n) is 1.92. The Morgan fingerprint density at radius 2 is 2.14 bits per heavy atom. The van der Waals surface area contributed by atoms with Crippen LogP contribution in [0.3, 0.4) is 0 Å². The molecule has 2 aromatic heterocycles. The molecular formula is C15H19N3O2S2. The first-order valence-corrected chi connectivity index (χ1v) is 8.90. The second-order valence-electron chi connectivity index (χ2n) is 5.09. The summed E-state index contributed by atoms with van der Waals surface area (Å²) in [4.78, 5) is 30.2. The largest absolute Gasteiger partial charge is 0.352 e. The van der Waals surface area contributed by atoms with Crippen LogP contribution in [0.25, 0.3) is 10.6 Å². The van der Waals surface area contributed by atoms with Crippen LogP contribution in [0, 0.1) is 0 Å². The summed E-state index contributed by atoms with van der Waals surface area (Å²) in [6, 6.07) is 2.04. The van der Waals surface area contributed by atoms with Crippen LogP contribution in [0.1, 0.15) is 31.3 Å². The summed E-state index contributed by atoms with van der Waals surface area (Å²) in [5, 5.41) is 9.35. The van der Waals surface area contributed by atoms with E-state index in [1.165, 1.54) is 16.2 Å². The second-order valence-corrected chi connectivity index (χ2v) is 6.73. The molecular weight excluding hydrogens is 318 g/mol. The molecule has 118 valence electrons. The number of rotatable bonds is 6. The number of aromatic nitrogens is 1. The molecule has 0 radical (unpaired) electrons. The summed E-state index contributed by atoms with van der Waals surface area (Å²) in [5.41, 5.74) is 1.42. The monoisotopic (exact) mass is 337 g/mol. The molecule has 2 amide bonds. The van der Waals surface area contributed by atoms with Gasteiger partial charge < -0.3 is 10.2 Å². The van der Waals surface area contributed by atoms with Crippen molar-refractivity contribution in [3.05, 3.63) is 27.9 Å². The number of nitrogens with zero attached hydrogens (tertiary/aromatic N) is 2. The first kappa shape index (κ1) is 16.6. The van der Waals surface area contributed by atoms with Gasteiger partial charge in [-0.05, 0) is 32.2 Å². The Hall–Kier alpha value is -1.73. The van der Waals surface area contributed by atoms with E-state index in [0.29, 0.717) is 12.2 Å². The summed E-state index contributed by atoms with van der Waals surface area (Å²) < 4.78 is 0. The van der Waals surface area contributed by atoms with Gasteiger partial charge in [-0.15, -0.1) is 11.3 Å². The van der Waals surface area contributed by atoms with Gasteiger partial charge >= 0.3 is 0 Å². The number of thiazole rings is 1. The van der Waals surface area contributed by atoms with Gasteiger partial charge in [0.2, 0.25) is 5.91 Å². The van der Waals surface area contributed by atoms with Crippen LogP contribution in [0.2, 0.25) is 0 Å². The van der Waals surface area contributed by atoms with Crippen LogP contribution < -0.4 is 5.32 Å². The van der Waals surface area contributed by atoms with Gasteiger partial charge in [-0.25, -0.2) is 4.98 Å². The number of thiophene rings is 1. The smallest absolute Gasteiger partial charge is 0.273 e. The third kappa shape index (κ3) is 4.14. The summed E-state index contributed by atoms with van der Waals surface area (Å²) in [6.07, 6.45) is 0. The molecule has 2 rings (SSSR count). The summed E-state index contributed by atoms with van der Waals surface area (Å²) in [7, 11) is 0. The third-order valence-electron chi connectivity index (χ3n) is 2.94.